The van der Waals surface area contributed by atoms with E-state index in [0.29, 0.717) is 12.5 Å². The second kappa shape index (κ2) is 2.96. The van der Waals surface area contributed by atoms with E-state index in [-0.39, 0.29) is 11.6 Å². The highest BCUT2D eigenvalue weighted by atomic mass is 16.6. The van der Waals surface area contributed by atoms with E-state index in [1.54, 1.807) is 4.90 Å². The maximum atomic E-state index is 11.2. The van der Waals surface area contributed by atoms with Crippen molar-refractivity contribution in [1.82, 2.24) is 4.90 Å². The van der Waals surface area contributed by atoms with Gasteiger partial charge >= 0.3 is 6.09 Å². The summed E-state index contributed by atoms with van der Waals surface area (Å²) in [5.74, 6) is 0.495. The lowest BCUT2D eigenvalue weighted by molar-refractivity contribution is 0.149. The lowest BCUT2D eigenvalue weighted by Crippen LogP contribution is -2.43. The van der Waals surface area contributed by atoms with Crippen molar-refractivity contribution in [2.45, 2.75) is 33.2 Å². The molecule has 0 N–H and O–H groups in total. The first-order valence-corrected chi connectivity index (χ1v) is 4.38. The topological polar surface area (TPSA) is 29.5 Å². The van der Waals surface area contributed by atoms with Crippen LogP contribution < -0.4 is 0 Å². The van der Waals surface area contributed by atoms with Gasteiger partial charge in [0, 0.05) is 6.54 Å². The van der Waals surface area contributed by atoms with Gasteiger partial charge in [-0.2, -0.15) is 0 Å². The zero-order chi connectivity index (χ0) is 9.35. The third kappa shape index (κ3) is 1.71. The molecule has 0 spiro atoms. The van der Waals surface area contributed by atoms with Gasteiger partial charge in [0.2, 0.25) is 0 Å². The molecular formula is C9H17NO2. The number of rotatable bonds is 2. The van der Waals surface area contributed by atoms with E-state index in [1.807, 2.05) is 13.8 Å². The first kappa shape index (κ1) is 9.36. The fourth-order valence-electron chi connectivity index (χ4n) is 1.33. The Kier molecular flexibility index (Phi) is 2.31. The molecule has 0 radical (unpaired) electrons. The third-order valence-corrected chi connectivity index (χ3v) is 2.05. The van der Waals surface area contributed by atoms with Crippen LogP contribution in [0.25, 0.3) is 0 Å². The molecule has 0 aromatic rings. The molecule has 1 heterocycles. The fourth-order valence-corrected chi connectivity index (χ4v) is 1.33. The maximum absolute atomic E-state index is 11.2. The summed E-state index contributed by atoms with van der Waals surface area (Å²) in [6.45, 7) is 9.55. The average Bonchev–Trinajstić information content (AvgIpc) is 2.15. The van der Waals surface area contributed by atoms with Gasteiger partial charge in [-0.05, 0) is 19.8 Å². The smallest absolute Gasteiger partial charge is 0.410 e. The highest BCUT2D eigenvalue weighted by Crippen LogP contribution is 2.24. The Balaban J connectivity index is 2.65. The number of hydrogen-bond acceptors (Lipinski definition) is 2. The van der Waals surface area contributed by atoms with Crippen molar-refractivity contribution in [2.75, 3.05) is 13.2 Å². The number of amides is 1. The minimum atomic E-state index is -0.172. The second-order valence-electron chi connectivity index (χ2n) is 4.37. The second-order valence-corrected chi connectivity index (χ2v) is 4.37. The number of nitrogens with zero attached hydrogens (tertiary/aromatic N) is 1. The van der Waals surface area contributed by atoms with E-state index >= 15 is 0 Å². The van der Waals surface area contributed by atoms with Crippen LogP contribution in [0.4, 0.5) is 4.79 Å². The Bertz CT molecular complexity index is 187. The molecule has 1 rings (SSSR count). The van der Waals surface area contributed by atoms with E-state index in [1.165, 1.54) is 0 Å². The lowest BCUT2D eigenvalue weighted by Gasteiger charge is -2.29. The Morgan fingerprint density at radius 3 is 2.50 bits per heavy atom. The molecule has 12 heavy (non-hydrogen) atoms. The summed E-state index contributed by atoms with van der Waals surface area (Å²) in [5, 5.41) is 0. The summed E-state index contributed by atoms with van der Waals surface area (Å²) in [7, 11) is 0. The number of cyclic esters (lactones) is 1. The SMILES string of the molecule is CC(C)CN1C(=O)OCC1(C)C. The minimum Gasteiger partial charge on any atom is -0.447 e. The molecule has 1 fully saturated rings. The molecule has 0 aromatic carbocycles. The first-order valence-electron chi connectivity index (χ1n) is 4.38. The van der Waals surface area contributed by atoms with Crippen molar-refractivity contribution in [2.24, 2.45) is 5.92 Å². The summed E-state index contributed by atoms with van der Waals surface area (Å²) < 4.78 is 4.97. The third-order valence-electron chi connectivity index (χ3n) is 2.05. The van der Waals surface area contributed by atoms with Gasteiger partial charge in [-0.15, -0.1) is 0 Å². The van der Waals surface area contributed by atoms with Crippen molar-refractivity contribution < 1.29 is 9.53 Å². The Labute approximate surface area is 73.7 Å². The zero-order valence-corrected chi connectivity index (χ0v) is 8.26. The van der Waals surface area contributed by atoms with Crippen molar-refractivity contribution in [3.8, 4) is 0 Å². The number of carbonyl (C=O) groups excluding carboxylic acids is 1. The van der Waals surface area contributed by atoms with Crippen LogP contribution >= 0.6 is 0 Å². The molecule has 1 aliphatic rings. The van der Waals surface area contributed by atoms with Crippen LogP contribution in [0.15, 0.2) is 0 Å². The van der Waals surface area contributed by atoms with Crippen LogP contribution in [-0.4, -0.2) is 29.7 Å². The molecule has 0 bridgehead atoms. The molecular weight excluding hydrogens is 154 g/mol. The quantitative estimate of drug-likeness (QED) is 0.634. The molecule has 0 aromatic heterocycles. The Morgan fingerprint density at radius 2 is 2.17 bits per heavy atom. The lowest BCUT2D eigenvalue weighted by atomic mass is 10.0. The molecule has 0 saturated carbocycles. The van der Waals surface area contributed by atoms with Gasteiger partial charge in [0.1, 0.15) is 6.61 Å². The van der Waals surface area contributed by atoms with Gasteiger partial charge in [0.25, 0.3) is 0 Å². The Hall–Kier alpha value is -0.730. The van der Waals surface area contributed by atoms with Gasteiger partial charge in [-0.25, -0.2) is 4.79 Å². The van der Waals surface area contributed by atoms with Crippen LogP contribution in [0.2, 0.25) is 0 Å². The monoisotopic (exact) mass is 171 g/mol. The van der Waals surface area contributed by atoms with Gasteiger partial charge in [0.05, 0.1) is 5.54 Å². The highest BCUT2D eigenvalue weighted by Gasteiger charge is 2.39. The summed E-state index contributed by atoms with van der Waals surface area (Å²) >= 11 is 0. The highest BCUT2D eigenvalue weighted by molar-refractivity contribution is 5.70. The summed E-state index contributed by atoms with van der Waals surface area (Å²) in [6, 6.07) is 0. The van der Waals surface area contributed by atoms with Gasteiger partial charge < -0.3 is 4.74 Å². The molecule has 1 aliphatic heterocycles. The standard InChI is InChI=1S/C9H17NO2/c1-7(2)5-10-8(11)12-6-9(10,3)4/h7H,5-6H2,1-4H3. The van der Waals surface area contributed by atoms with Crippen LogP contribution in [-0.2, 0) is 4.74 Å². The summed E-state index contributed by atoms with van der Waals surface area (Å²) in [6.07, 6.45) is -0.172. The zero-order valence-electron chi connectivity index (χ0n) is 8.26. The van der Waals surface area contributed by atoms with Gasteiger partial charge in [-0.3, -0.25) is 4.90 Å². The van der Waals surface area contributed by atoms with Crippen molar-refractivity contribution in [1.29, 1.82) is 0 Å². The van der Waals surface area contributed by atoms with Crippen LogP contribution in [0, 0.1) is 5.92 Å². The van der Waals surface area contributed by atoms with Crippen LogP contribution in [0.5, 0.6) is 0 Å². The van der Waals surface area contributed by atoms with Crippen LogP contribution in [0.1, 0.15) is 27.7 Å². The molecule has 1 amide bonds. The molecule has 0 aliphatic carbocycles. The minimum absolute atomic E-state index is 0.124. The van der Waals surface area contributed by atoms with E-state index in [2.05, 4.69) is 13.8 Å². The number of ether oxygens (including phenoxy) is 1. The number of carbonyl (C=O) groups is 1. The van der Waals surface area contributed by atoms with E-state index in [9.17, 15) is 4.79 Å². The predicted molar refractivity (Wildman–Crippen MR) is 47.0 cm³/mol. The fraction of sp³-hybridized carbons (Fsp3) is 0.889. The molecule has 1 saturated heterocycles. The molecule has 3 heteroatoms. The molecule has 70 valence electrons. The number of hydrogen-bond donors (Lipinski definition) is 0. The Morgan fingerprint density at radius 1 is 1.58 bits per heavy atom. The molecule has 0 atom stereocenters. The maximum Gasteiger partial charge on any atom is 0.410 e. The van der Waals surface area contributed by atoms with E-state index in [0.717, 1.165) is 6.54 Å². The van der Waals surface area contributed by atoms with Crippen LogP contribution in [0.3, 0.4) is 0 Å². The molecule has 0 unspecified atom stereocenters. The largest absolute Gasteiger partial charge is 0.447 e. The van der Waals surface area contributed by atoms with Crippen molar-refractivity contribution in [3.05, 3.63) is 0 Å². The summed E-state index contributed by atoms with van der Waals surface area (Å²) in [4.78, 5) is 13.0. The van der Waals surface area contributed by atoms with E-state index < -0.39 is 0 Å². The van der Waals surface area contributed by atoms with Gasteiger partial charge in [-0.1, -0.05) is 13.8 Å². The molecule has 3 nitrogen and oxygen atoms in total. The first-order chi connectivity index (χ1) is 5.43. The van der Waals surface area contributed by atoms with Crippen molar-refractivity contribution >= 4 is 6.09 Å². The normalized spacial score (nSPS) is 21.8. The van der Waals surface area contributed by atoms with E-state index in [4.69, 9.17) is 4.74 Å². The average molecular weight is 171 g/mol. The van der Waals surface area contributed by atoms with Gasteiger partial charge in [0.15, 0.2) is 0 Å². The predicted octanol–water partition coefficient (Wildman–Crippen LogP) is 1.87. The van der Waals surface area contributed by atoms with Crippen molar-refractivity contribution in [3.63, 3.8) is 0 Å². The summed E-state index contributed by atoms with van der Waals surface area (Å²) in [5.41, 5.74) is -0.124.